The fraction of sp³-hybridized carbons (Fsp3) is 1.00. The molecule has 6 atom stereocenters. The van der Waals surface area contributed by atoms with Gasteiger partial charge in [-0.25, -0.2) is 0 Å². The lowest BCUT2D eigenvalue weighted by Crippen LogP contribution is -2.46. The maximum absolute atomic E-state index is 10.2. The molecular formula is C14H26O2. The van der Waals surface area contributed by atoms with E-state index in [0.29, 0.717) is 23.7 Å². The van der Waals surface area contributed by atoms with Crippen LogP contribution in [0.4, 0.5) is 0 Å². The molecule has 2 saturated carbocycles. The molecule has 0 amide bonds. The normalized spacial score (nSPS) is 50.2. The van der Waals surface area contributed by atoms with Crippen molar-refractivity contribution >= 4 is 0 Å². The summed E-state index contributed by atoms with van der Waals surface area (Å²) in [7, 11) is 0. The van der Waals surface area contributed by atoms with Crippen LogP contribution in [0.3, 0.4) is 0 Å². The molecule has 0 bridgehead atoms. The zero-order chi connectivity index (χ0) is 11.7. The van der Waals surface area contributed by atoms with Crippen LogP contribution in [0.25, 0.3) is 0 Å². The van der Waals surface area contributed by atoms with Crippen molar-refractivity contribution in [3.05, 3.63) is 0 Å². The Labute approximate surface area is 99.1 Å². The first-order valence-corrected chi connectivity index (χ1v) is 6.97. The van der Waals surface area contributed by atoms with Gasteiger partial charge in [0.25, 0.3) is 0 Å². The minimum Gasteiger partial charge on any atom is -0.393 e. The van der Waals surface area contributed by atoms with Gasteiger partial charge in [0.05, 0.1) is 12.2 Å². The fourth-order valence-electron chi connectivity index (χ4n) is 4.10. The number of hydrogen-bond donors (Lipinski definition) is 2. The Bertz CT molecular complexity index is 185. The predicted molar refractivity (Wildman–Crippen MR) is 65.0 cm³/mol. The summed E-state index contributed by atoms with van der Waals surface area (Å²) in [4.78, 5) is 0. The van der Waals surface area contributed by atoms with Crippen molar-refractivity contribution < 1.29 is 10.2 Å². The van der Waals surface area contributed by atoms with Crippen LogP contribution in [0, 0.1) is 23.7 Å². The lowest BCUT2D eigenvalue weighted by Gasteiger charge is -2.45. The minimum absolute atomic E-state index is 0.177. The third kappa shape index (κ3) is 2.28. The smallest absolute Gasteiger partial charge is 0.0574 e. The Balaban J connectivity index is 2.12. The van der Waals surface area contributed by atoms with Gasteiger partial charge in [-0.2, -0.15) is 0 Å². The van der Waals surface area contributed by atoms with Crippen LogP contribution in [0.1, 0.15) is 52.4 Å². The van der Waals surface area contributed by atoms with E-state index in [1.807, 2.05) is 0 Å². The van der Waals surface area contributed by atoms with E-state index in [-0.39, 0.29) is 12.2 Å². The topological polar surface area (TPSA) is 40.5 Å². The zero-order valence-corrected chi connectivity index (χ0v) is 10.6. The Hall–Kier alpha value is -0.0800. The summed E-state index contributed by atoms with van der Waals surface area (Å²) in [5.74, 6) is 1.81. The summed E-state index contributed by atoms with van der Waals surface area (Å²) in [6, 6.07) is 0. The lowest BCUT2D eigenvalue weighted by molar-refractivity contribution is -0.0752. The molecule has 2 aliphatic rings. The van der Waals surface area contributed by atoms with Crippen LogP contribution in [-0.4, -0.2) is 22.4 Å². The highest BCUT2D eigenvalue weighted by Gasteiger charge is 2.42. The molecule has 2 aliphatic carbocycles. The van der Waals surface area contributed by atoms with Crippen molar-refractivity contribution in [1.82, 2.24) is 0 Å². The average Bonchev–Trinajstić information content (AvgIpc) is 2.21. The molecular weight excluding hydrogens is 200 g/mol. The van der Waals surface area contributed by atoms with E-state index < -0.39 is 0 Å². The van der Waals surface area contributed by atoms with E-state index in [9.17, 15) is 10.2 Å². The molecule has 94 valence electrons. The van der Waals surface area contributed by atoms with Crippen LogP contribution >= 0.6 is 0 Å². The van der Waals surface area contributed by atoms with Crippen molar-refractivity contribution in [2.24, 2.45) is 23.7 Å². The molecule has 0 aromatic rings. The number of rotatable bonds is 1. The van der Waals surface area contributed by atoms with Gasteiger partial charge in [-0.1, -0.05) is 39.5 Å². The predicted octanol–water partition coefficient (Wildman–Crippen LogP) is 2.58. The molecule has 0 aliphatic heterocycles. The molecule has 2 nitrogen and oxygen atoms in total. The van der Waals surface area contributed by atoms with Gasteiger partial charge < -0.3 is 10.2 Å². The molecule has 2 N–H and O–H groups in total. The molecule has 0 aromatic heterocycles. The lowest BCUT2D eigenvalue weighted by atomic mass is 9.63. The number of aliphatic hydroxyl groups excluding tert-OH is 2. The van der Waals surface area contributed by atoms with Crippen LogP contribution < -0.4 is 0 Å². The Morgan fingerprint density at radius 2 is 1.06 bits per heavy atom. The second kappa shape index (κ2) is 5.05. The molecule has 6 unspecified atom stereocenters. The van der Waals surface area contributed by atoms with Gasteiger partial charge in [0.1, 0.15) is 0 Å². The zero-order valence-electron chi connectivity index (χ0n) is 10.6. The largest absolute Gasteiger partial charge is 0.393 e. The van der Waals surface area contributed by atoms with Gasteiger partial charge in [0, 0.05) is 0 Å². The van der Waals surface area contributed by atoms with E-state index in [1.54, 1.807) is 0 Å². The summed E-state index contributed by atoms with van der Waals surface area (Å²) in [5.41, 5.74) is 0. The van der Waals surface area contributed by atoms with Gasteiger partial charge in [-0.3, -0.25) is 0 Å². The molecule has 2 rings (SSSR count). The molecule has 0 radical (unpaired) electrons. The highest BCUT2D eigenvalue weighted by molar-refractivity contribution is 4.92. The second-order valence-corrected chi connectivity index (χ2v) is 6.11. The number of hydrogen-bond acceptors (Lipinski definition) is 2. The monoisotopic (exact) mass is 226 g/mol. The van der Waals surface area contributed by atoms with Gasteiger partial charge in [-0.05, 0) is 36.5 Å². The highest BCUT2D eigenvalue weighted by Crippen LogP contribution is 2.44. The summed E-state index contributed by atoms with van der Waals surface area (Å²) in [6.45, 7) is 4.50. The quantitative estimate of drug-likeness (QED) is 0.721. The van der Waals surface area contributed by atoms with E-state index >= 15 is 0 Å². The van der Waals surface area contributed by atoms with Crippen LogP contribution in [0.5, 0.6) is 0 Å². The summed E-state index contributed by atoms with van der Waals surface area (Å²) < 4.78 is 0. The van der Waals surface area contributed by atoms with Crippen LogP contribution in [0.2, 0.25) is 0 Å². The molecule has 0 spiro atoms. The van der Waals surface area contributed by atoms with Crippen molar-refractivity contribution in [2.75, 3.05) is 0 Å². The van der Waals surface area contributed by atoms with E-state index in [2.05, 4.69) is 13.8 Å². The third-order valence-corrected chi connectivity index (χ3v) is 4.97. The van der Waals surface area contributed by atoms with E-state index in [0.717, 1.165) is 25.7 Å². The summed E-state index contributed by atoms with van der Waals surface area (Å²) in [6.07, 6.45) is 6.25. The van der Waals surface area contributed by atoms with Gasteiger partial charge in [0.2, 0.25) is 0 Å². The van der Waals surface area contributed by atoms with Gasteiger partial charge in [0.15, 0.2) is 0 Å². The summed E-state index contributed by atoms with van der Waals surface area (Å²) in [5, 5.41) is 20.4. The molecule has 2 fully saturated rings. The Morgan fingerprint density at radius 3 is 1.38 bits per heavy atom. The minimum atomic E-state index is -0.177. The van der Waals surface area contributed by atoms with Crippen molar-refractivity contribution in [3.63, 3.8) is 0 Å². The van der Waals surface area contributed by atoms with Crippen LogP contribution in [0.15, 0.2) is 0 Å². The van der Waals surface area contributed by atoms with E-state index in [1.165, 1.54) is 12.8 Å². The molecule has 0 heterocycles. The molecule has 0 saturated heterocycles. The van der Waals surface area contributed by atoms with Crippen molar-refractivity contribution in [1.29, 1.82) is 0 Å². The van der Waals surface area contributed by atoms with Crippen molar-refractivity contribution in [3.8, 4) is 0 Å². The Morgan fingerprint density at radius 1 is 0.688 bits per heavy atom. The SMILES string of the molecule is CC1CCCC(O)C1C1C(C)CCCC1O. The Kier molecular flexibility index (Phi) is 3.91. The maximum atomic E-state index is 10.2. The highest BCUT2D eigenvalue weighted by atomic mass is 16.3. The van der Waals surface area contributed by atoms with Crippen LogP contribution in [-0.2, 0) is 0 Å². The average molecular weight is 226 g/mol. The third-order valence-electron chi connectivity index (χ3n) is 4.97. The second-order valence-electron chi connectivity index (χ2n) is 6.11. The standard InChI is InChI=1S/C14H26O2/c1-9-5-3-7-11(15)13(9)14-10(2)6-4-8-12(14)16/h9-16H,3-8H2,1-2H3. The molecule has 2 heteroatoms. The maximum Gasteiger partial charge on any atom is 0.0574 e. The molecule has 16 heavy (non-hydrogen) atoms. The van der Waals surface area contributed by atoms with E-state index in [4.69, 9.17) is 0 Å². The van der Waals surface area contributed by atoms with Gasteiger partial charge in [-0.15, -0.1) is 0 Å². The first kappa shape index (κ1) is 12.4. The first-order chi connectivity index (χ1) is 7.61. The number of aliphatic hydroxyl groups is 2. The molecule has 0 aromatic carbocycles. The summed E-state index contributed by atoms with van der Waals surface area (Å²) >= 11 is 0. The van der Waals surface area contributed by atoms with Gasteiger partial charge >= 0.3 is 0 Å². The first-order valence-electron chi connectivity index (χ1n) is 6.97. The van der Waals surface area contributed by atoms with Crippen molar-refractivity contribution in [2.45, 2.75) is 64.6 Å². The fourth-order valence-corrected chi connectivity index (χ4v) is 4.10.